The monoisotopic (exact) mass is 283 g/mol. The standard InChI is InChI=1S/C16H21N5/c1-16(2,3)13-7-9-18-10-12(13)11-20-15(17)21-14-6-4-5-8-19-14/h4-10H,11H2,1-3H3,(H3,17,19,20,21). The van der Waals surface area contributed by atoms with Crippen molar-refractivity contribution in [3.8, 4) is 0 Å². The van der Waals surface area contributed by atoms with Gasteiger partial charge >= 0.3 is 0 Å². The van der Waals surface area contributed by atoms with Crippen molar-refractivity contribution in [1.82, 2.24) is 9.97 Å². The van der Waals surface area contributed by atoms with E-state index in [0.29, 0.717) is 18.3 Å². The van der Waals surface area contributed by atoms with Crippen LogP contribution in [0.5, 0.6) is 0 Å². The first-order valence-corrected chi connectivity index (χ1v) is 6.88. The summed E-state index contributed by atoms with van der Waals surface area (Å²) in [5.41, 5.74) is 8.25. The van der Waals surface area contributed by atoms with Gasteiger partial charge in [-0.1, -0.05) is 26.8 Å². The number of hydrogen-bond acceptors (Lipinski definition) is 3. The molecule has 0 aliphatic carbocycles. The van der Waals surface area contributed by atoms with Crippen molar-refractivity contribution in [2.45, 2.75) is 32.7 Å². The number of aliphatic imine (C=N–C) groups is 1. The third kappa shape index (κ3) is 4.27. The summed E-state index contributed by atoms with van der Waals surface area (Å²) in [5, 5.41) is 2.97. The van der Waals surface area contributed by atoms with Crippen LogP contribution in [0.1, 0.15) is 31.9 Å². The van der Waals surface area contributed by atoms with E-state index in [9.17, 15) is 0 Å². The fourth-order valence-electron chi connectivity index (χ4n) is 2.06. The van der Waals surface area contributed by atoms with Crippen LogP contribution in [-0.4, -0.2) is 15.9 Å². The fraction of sp³-hybridized carbons (Fsp3) is 0.312. The highest BCUT2D eigenvalue weighted by atomic mass is 15.1. The zero-order valence-electron chi connectivity index (χ0n) is 12.7. The molecule has 0 fully saturated rings. The summed E-state index contributed by atoms with van der Waals surface area (Å²) in [6.45, 7) is 7.01. The smallest absolute Gasteiger partial charge is 0.194 e. The largest absolute Gasteiger partial charge is 0.370 e. The van der Waals surface area contributed by atoms with Crippen molar-refractivity contribution in [2.75, 3.05) is 5.32 Å². The van der Waals surface area contributed by atoms with E-state index >= 15 is 0 Å². The third-order valence-electron chi connectivity index (χ3n) is 3.05. The third-order valence-corrected chi connectivity index (χ3v) is 3.05. The lowest BCUT2D eigenvalue weighted by Gasteiger charge is -2.21. The molecule has 2 aromatic rings. The summed E-state index contributed by atoms with van der Waals surface area (Å²) >= 11 is 0. The molecule has 21 heavy (non-hydrogen) atoms. The van der Waals surface area contributed by atoms with E-state index < -0.39 is 0 Å². The summed E-state index contributed by atoms with van der Waals surface area (Å²) in [5.74, 6) is 1.03. The Hall–Kier alpha value is -2.43. The number of nitrogens with two attached hydrogens (primary N) is 1. The van der Waals surface area contributed by atoms with Gasteiger partial charge in [0.2, 0.25) is 0 Å². The van der Waals surface area contributed by atoms with Crippen molar-refractivity contribution in [3.63, 3.8) is 0 Å². The second kappa shape index (κ2) is 6.35. The molecule has 2 aromatic heterocycles. The number of pyridine rings is 2. The van der Waals surface area contributed by atoms with E-state index in [1.54, 1.807) is 6.20 Å². The van der Waals surface area contributed by atoms with Crippen molar-refractivity contribution in [2.24, 2.45) is 10.7 Å². The summed E-state index contributed by atoms with van der Waals surface area (Å²) in [6.07, 6.45) is 5.36. The summed E-state index contributed by atoms with van der Waals surface area (Å²) in [6, 6.07) is 7.62. The van der Waals surface area contributed by atoms with Gasteiger partial charge in [0.25, 0.3) is 0 Å². The molecule has 0 radical (unpaired) electrons. The van der Waals surface area contributed by atoms with Crippen LogP contribution >= 0.6 is 0 Å². The van der Waals surface area contributed by atoms with Crippen LogP contribution < -0.4 is 11.1 Å². The molecule has 0 spiro atoms. The maximum atomic E-state index is 5.89. The molecule has 0 aromatic carbocycles. The number of rotatable bonds is 3. The molecule has 0 aliphatic rings. The minimum Gasteiger partial charge on any atom is -0.370 e. The van der Waals surface area contributed by atoms with Crippen LogP contribution in [-0.2, 0) is 12.0 Å². The average molecular weight is 283 g/mol. The van der Waals surface area contributed by atoms with Gasteiger partial charge < -0.3 is 11.1 Å². The van der Waals surface area contributed by atoms with Gasteiger partial charge in [-0.2, -0.15) is 0 Å². The Kier molecular flexibility index (Phi) is 4.52. The normalized spacial score (nSPS) is 12.2. The number of anilines is 1. The van der Waals surface area contributed by atoms with Crippen molar-refractivity contribution in [3.05, 3.63) is 54.0 Å². The fourth-order valence-corrected chi connectivity index (χ4v) is 2.06. The molecule has 5 heteroatoms. The number of nitrogens with one attached hydrogen (secondary N) is 1. The molecule has 0 amide bonds. The zero-order valence-corrected chi connectivity index (χ0v) is 12.7. The van der Waals surface area contributed by atoms with Gasteiger partial charge in [0.15, 0.2) is 5.96 Å². The lowest BCUT2D eigenvalue weighted by atomic mass is 9.85. The van der Waals surface area contributed by atoms with Gasteiger partial charge in [-0.25, -0.2) is 9.98 Å². The van der Waals surface area contributed by atoms with E-state index in [2.05, 4.69) is 41.0 Å². The quantitative estimate of drug-likeness (QED) is 0.670. The molecular weight excluding hydrogens is 262 g/mol. The SMILES string of the molecule is CC(C)(C)c1ccncc1CN=C(N)Nc1ccccn1. The van der Waals surface area contributed by atoms with Crippen molar-refractivity contribution in [1.29, 1.82) is 0 Å². The molecule has 0 atom stereocenters. The molecule has 0 saturated heterocycles. The first-order valence-electron chi connectivity index (χ1n) is 6.88. The van der Waals surface area contributed by atoms with Crippen LogP contribution in [0.25, 0.3) is 0 Å². The lowest BCUT2D eigenvalue weighted by molar-refractivity contribution is 0.581. The number of guanidine groups is 1. The van der Waals surface area contributed by atoms with Crippen LogP contribution in [0.3, 0.4) is 0 Å². The molecule has 0 saturated carbocycles. The van der Waals surface area contributed by atoms with Crippen molar-refractivity contribution >= 4 is 11.8 Å². The van der Waals surface area contributed by atoms with E-state index in [1.807, 2.05) is 36.7 Å². The Balaban J connectivity index is 2.10. The van der Waals surface area contributed by atoms with Crippen LogP contribution in [0.15, 0.2) is 47.8 Å². The predicted octanol–water partition coefficient (Wildman–Crippen LogP) is 2.70. The topological polar surface area (TPSA) is 76.2 Å². The molecule has 0 bridgehead atoms. The molecule has 3 N–H and O–H groups in total. The Labute approximate surface area is 125 Å². The molecule has 2 heterocycles. The van der Waals surface area contributed by atoms with E-state index in [4.69, 9.17) is 5.73 Å². The van der Waals surface area contributed by atoms with Gasteiger partial charge in [0.05, 0.1) is 6.54 Å². The van der Waals surface area contributed by atoms with Gasteiger partial charge in [0, 0.05) is 18.6 Å². The first-order chi connectivity index (χ1) is 9.97. The molecular formula is C16H21N5. The second-order valence-corrected chi connectivity index (χ2v) is 5.82. The Morgan fingerprint density at radius 1 is 1.24 bits per heavy atom. The van der Waals surface area contributed by atoms with Gasteiger partial charge in [-0.3, -0.25) is 4.98 Å². The maximum absolute atomic E-state index is 5.89. The zero-order chi connectivity index (χ0) is 15.3. The summed E-state index contributed by atoms with van der Waals surface area (Å²) in [4.78, 5) is 12.7. The Morgan fingerprint density at radius 2 is 2.05 bits per heavy atom. The second-order valence-electron chi connectivity index (χ2n) is 5.82. The summed E-state index contributed by atoms with van der Waals surface area (Å²) < 4.78 is 0. The van der Waals surface area contributed by atoms with E-state index in [1.165, 1.54) is 5.56 Å². The lowest BCUT2D eigenvalue weighted by Crippen LogP contribution is -2.23. The number of nitrogens with zero attached hydrogens (tertiary/aromatic N) is 3. The number of aromatic nitrogens is 2. The van der Waals surface area contributed by atoms with Gasteiger partial charge in [-0.05, 0) is 34.7 Å². The molecule has 110 valence electrons. The van der Waals surface area contributed by atoms with Gasteiger partial charge in [-0.15, -0.1) is 0 Å². The highest BCUT2D eigenvalue weighted by Gasteiger charge is 2.17. The number of hydrogen-bond donors (Lipinski definition) is 2. The predicted molar refractivity (Wildman–Crippen MR) is 86.1 cm³/mol. The molecule has 0 aliphatic heterocycles. The Morgan fingerprint density at radius 3 is 2.71 bits per heavy atom. The minimum atomic E-state index is 0.0525. The van der Waals surface area contributed by atoms with Crippen LogP contribution in [0, 0.1) is 0 Å². The Bertz CT molecular complexity index is 614. The molecule has 0 unspecified atom stereocenters. The van der Waals surface area contributed by atoms with Gasteiger partial charge in [0.1, 0.15) is 5.82 Å². The molecule has 2 rings (SSSR count). The van der Waals surface area contributed by atoms with E-state index in [0.717, 1.165) is 5.56 Å². The minimum absolute atomic E-state index is 0.0525. The van der Waals surface area contributed by atoms with Crippen LogP contribution in [0.4, 0.5) is 5.82 Å². The van der Waals surface area contributed by atoms with Crippen molar-refractivity contribution < 1.29 is 0 Å². The van der Waals surface area contributed by atoms with E-state index in [-0.39, 0.29) is 5.41 Å². The average Bonchev–Trinajstić information content (AvgIpc) is 2.45. The highest BCUT2D eigenvalue weighted by molar-refractivity contribution is 5.91. The molecule has 5 nitrogen and oxygen atoms in total. The highest BCUT2D eigenvalue weighted by Crippen LogP contribution is 2.25. The maximum Gasteiger partial charge on any atom is 0.194 e. The first kappa shape index (κ1) is 15.0. The van der Waals surface area contributed by atoms with Crippen LogP contribution in [0.2, 0.25) is 0 Å². The summed E-state index contributed by atoms with van der Waals surface area (Å²) in [7, 11) is 0.